The lowest BCUT2D eigenvalue weighted by Crippen LogP contribution is -2.08. The van der Waals surface area contributed by atoms with Gasteiger partial charge in [0.15, 0.2) is 11.6 Å². The van der Waals surface area contributed by atoms with Crippen molar-refractivity contribution in [1.29, 1.82) is 0 Å². The maximum Gasteiger partial charge on any atom is 0.166 e. The molecule has 1 aromatic carbocycles. The summed E-state index contributed by atoms with van der Waals surface area (Å²) in [6.07, 6.45) is -0.189. The van der Waals surface area contributed by atoms with Gasteiger partial charge < -0.3 is 10.5 Å². The van der Waals surface area contributed by atoms with Crippen LogP contribution in [0.4, 0.5) is 10.2 Å². The minimum absolute atomic E-state index is 0.0110. The Bertz CT molecular complexity index is 746. The average molecular weight is 383 g/mol. The molecule has 0 saturated heterocycles. The molecule has 1 heterocycles. The van der Waals surface area contributed by atoms with Gasteiger partial charge in [-0.3, -0.25) is 0 Å². The fourth-order valence-electron chi connectivity index (χ4n) is 1.49. The predicted octanol–water partition coefficient (Wildman–Crippen LogP) is 5.01. The Hall–Kier alpha value is -1.04. The summed E-state index contributed by atoms with van der Waals surface area (Å²) in [5.41, 5.74) is 5.51. The Morgan fingerprint density at radius 2 is 2.25 bits per heavy atom. The summed E-state index contributed by atoms with van der Waals surface area (Å²) in [4.78, 5) is 3.85. The quantitative estimate of drug-likeness (QED) is 0.758. The van der Waals surface area contributed by atoms with Crippen LogP contribution in [0.25, 0.3) is 0 Å². The fourth-order valence-corrected chi connectivity index (χ4v) is 2.37. The SMILES string of the molecule is [2H]C([2H])([2H])C(Oc1cc(Br)cnc1N)c1c(Cl)ccc(F)c1Cl. The standard InChI is InChI=1S/C13H10BrCl2FN2O/c1-6(11-8(15)2-3-9(17)12(11)16)20-10-4-7(14)5-19-13(10)18/h2-6H,1H3,(H2,18,19)/i1D3. The topological polar surface area (TPSA) is 48.1 Å². The maximum absolute atomic E-state index is 13.7. The molecule has 0 aliphatic carbocycles. The highest BCUT2D eigenvalue weighted by molar-refractivity contribution is 9.10. The van der Waals surface area contributed by atoms with E-state index in [0.717, 1.165) is 6.07 Å². The molecule has 0 fully saturated rings. The number of rotatable bonds is 3. The molecule has 0 saturated carbocycles. The summed E-state index contributed by atoms with van der Waals surface area (Å²) in [6.45, 7) is -2.67. The van der Waals surface area contributed by atoms with Gasteiger partial charge in [0, 0.05) is 25.4 Å². The maximum atomic E-state index is 13.7. The van der Waals surface area contributed by atoms with Crippen molar-refractivity contribution in [3.63, 3.8) is 0 Å². The van der Waals surface area contributed by atoms with Crippen molar-refractivity contribution in [2.45, 2.75) is 13.0 Å². The van der Waals surface area contributed by atoms with E-state index in [4.69, 9.17) is 37.8 Å². The van der Waals surface area contributed by atoms with Gasteiger partial charge in [0.2, 0.25) is 0 Å². The number of nitrogens with zero attached hydrogens (tertiary/aromatic N) is 1. The molecule has 20 heavy (non-hydrogen) atoms. The van der Waals surface area contributed by atoms with Crippen LogP contribution in [0.15, 0.2) is 28.9 Å². The predicted molar refractivity (Wildman–Crippen MR) is 81.8 cm³/mol. The van der Waals surface area contributed by atoms with Crippen LogP contribution in [0.1, 0.15) is 22.6 Å². The highest BCUT2D eigenvalue weighted by Gasteiger charge is 2.19. The Morgan fingerprint density at radius 3 is 2.95 bits per heavy atom. The molecule has 106 valence electrons. The molecule has 1 unspecified atom stereocenters. The number of aromatic nitrogens is 1. The molecule has 0 spiro atoms. The third kappa shape index (κ3) is 3.16. The third-order valence-electron chi connectivity index (χ3n) is 2.43. The summed E-state index contributed by atoms with van der Waals surface area (Å²) >= 11 is 15.1. The van der Waals surface area contributed by atoms with Crippen molar-refractivity contribution in [1.82, 2.24) is 4.98 Å². The molecule has 0 bridgehead atoms. The van der Waals surface area contributed by atoms with Gasteiger partial charge in [0.25, 0.3) is 0 Å². The van der Waals surface area contributed by atoms with Crippen LogP contribution in [-0.2, 0) is 0 Å². The van der Waals surface area contributed by atoms with Crippen LogP contribution in [0.2, 0.25) is 10.0 Å². The first-order chi connectivity index (χ1) is 10.6. The largest absolute Gasteiger partial charge is 0.482 e. The van der Waals surface area contributed by atoms with E-state index in [-0.39, 0.29) is 22.2 Å². The van der Waals surface area contributed by atoms with Gasteiger partial charge in [-0.05, 0) is 41.0 Å². The second kappa shape index (κ2) is 6.16. The number of hydrogen-bond donors (Lipinski definition) is 1. The van der Waals surface area contributed by atoms with Gasteiger partial charge in [-0.2, -0.15) is 0 Å². The second-order valence-electron chi connectivity index (χ2n) is 3.79. The van der Waals surface area contributed by atoms with Crippen molar-refractivity contribution in [3.05, 3.63) is 50.3 Å². The molecule has 7 heteroatoms. The average Bonchev–Trinajstić information content (AvgIpc) is 2.45. The van der Waals surface area contributed by atoms with E-state index in [9.17, 15) is 4.39 Å². The normalized spacial score (nSPS) is 15.1. The number of nitrogen functional groups attached to an aromatic ring is 1. The van der Waals surface area contributed by atoms with Crippen LogP contribution in [-0.4, -0.2) is 4.98 Å². The van der Waals surface area contributed by atoms with Gasteiger partial charge in [-0.25, -0.2) is 9.37 Å². The monoisotopic (exact) mass is 381 g/mol. The van der Waals surface area contributed by atoms with Gasteiger partial charge >= 0.3 is 0 Å². The van der Waals surface area contributed by atoms with E-state index in [1.165, 1.54) is 18.3 Å². The minimum Gasteiger partial charge on any atom is -0.482 e. The minimum atomic E-state index is -2.67. The lowest BCUT2D eigenvalue weighted by molar-refractivity contribution is 0.227. The Labute approximate surface area is 138 Å². The van der Waals surface area contributed by atoms with Crippen LogP contribution in [0.3, 0.4) is 0 Å². The molecule has 1 aromatic heterocycles. The van der Waals surface area contributed by atoms with Crippen LogP contribution < -0.4 is 10.5 Å². The van der Waals surface area contributed by atoms with E-state index < -0.39 is 23.8 Å². The van der Waals surface area contributed by atoms with E-state index in [1.807, 2.05) is 0 Å². The van der Waals surface area contributed by atoms with Gasteiger partial charge in [0.05, 0.1) is 5.02 Å². The molecular weight excluding hydrogens is 370 g/mol. The molecule has 2 N–H and O–H groups in total. The third-order valence-corrected chi connectivity index (χ3v) is 3.58. The molecule has 0 aliphatic heterocycles. The van der Waals surface area contributed by atoms with Gasteiger partial charge in [-0.1, -0.05) is 23.2 Å². The number of benzene rings is 1. The van der Waals surface area contributed by atoms with E-state index in [1.54, 1.807) is 0 Å². The van der Waals surface area contributed by atoms with Crippen molar-refractivity contribution in [2.24, 2.45) is 0 Å². The zero-order valence-corrected chi connectivity index (χ0v) is 12.9. The van der Waals surface area contributed by atoms with Crippen LogP contribution in [0.5, 0.6) is 5.75 Å². The molecule has 2 aromatic rings. The summed E-state index contributed by atoms with van der Waals surface area (Å²) in [7, 11) is 0. The van der Waals surface area contributed by atoms with Gasteiger partial charge in [-0.15, -0.1) is 0 Å². The zero-order chi connectivity index (χ0) is 17.4. The van der Waals surface area contributed by atoms with E-state index >= 15 is 0 Å². The van der Waals surface area contributed by atoms with Crippen molar-refractivity contribution >= 4 is 44.9 Å². The Kier molecular flexibility index (Phi) is 3.57. The Balaban J connectivity index is 2.56. The molecule has 0 radical (unpaired) electrons. The summed E-state index contributed by atoms with van der Waals surface area (Å²) in [6, 6.07) is 3.70. The number of halogens is 4. The van der Waals surface area contributed by atoms with Crippen molar-refractivity contribution in [2.75, 3.05) is 5.73 Å². The molecule has 0 amide bonds. The lowest BCUT2D eigenvalue weighted by atomic mass is 10.1. The second-order valence-corrected chi connectivity index (χ2v) is 5.49. The number of nitrogens with two attached hydrogens (primary N) is 1. The summed E-state index contributed by atoms with van der Waals surface area (Å²) in [5, 5.41) is -0.445. The van der Waals surface area contributed by atoms with E-state index in [2.05, 4.69) is 20.9 Å². The lowest BCUT2D eigenvalue weighted by Gasteiger charge is -2.18. The van der Waals surface area contributed by atoms with Gasteiger partial charge in [0.1, 0.15) is 11.9 Å². The first kappa shape index (κ1) is 11.6. The Morgan fingerprint density at radius 1 is 1.50 bits per heavy atom. The summed E-state index contributed by atoms with van der Waals surface area (Å²) in [5.74, 6) is -0.813. The van der Waals surface area contributed by atoms with E-state index in [0.29, 0.717) is 4.47 Å². The number of pyridine rings is 1. The van der Waals surface area contributed by atoms with Crippen molar-refractivity contribution in [3.8, 4) is 5.75 Å². The fraction of sp³-hybridized carbons (Fsp3) is 0.154. The smallest absolute Gasteiger partial charge is 0.166 e. The highest BCUT2D eigenvalue weighted by Crippen LogP contribution is 2.36. The molecule has 0 aliphatic rings. The molecule has 2 rings (SSSR count). The van der Waals surface area contributed by atoms with Crippen molar-refractivity contribution < 1.29 is 13.2 Å². The first-order valence-electron chi connectivity index (χ1n) is 6.82. The van der Waals surface area contributed by atoms with Crippen LogP contribution in [0, 0.1) is 5.82 Å². The molecular formula is C13H10BrCl2FN2O. The molecule has 1 atom stereocenters. The summed E-state index contributed by atoms with van der Waals surface area (Å²) < 4.78 is 42.7. The van der Waals surface area contributed by atoms with Crippen LogP contribution >= 0.6 is 39.1 Å². The zero-order valence-electron chi connectivity index (χ0n) is 12.8. The number of anilines is 1. The first-order valence-corrected chi connectivity index (χ1v) is 6.87. The molecule has 3 nitrogen and oxygen atoms in total. The number of ether oxygens (including phenoxy) is 1. The number of hydrogen-bond acceptors (Lipinski definition) is 3. The highest BCUT2D eigenvalue weighted by atomic mass is 79.9.